The van der Waals surface area contributed by atoms with E-state index in [9.17, 15) is 5.11 Å². The molecule has 78 valence electrons. The van der Waals surface area contributed by atoms with Crippen LogP contribution in [0.4, 0.5) is 0 Å². The molecule has 1 aliphatic heterocycles. The quantitative estimate of drug-likeness (QED) is 0.633. The Bertz CT molecular complexity index is 445. The highest BCUT2D eigenvalue weighted by atomic mass is 32.2. The first-order valence-electron chi connectivity index (χ1n) is 4.21. The van der Waals surface area contributed by atoms with Crippen LogP contribution in [-0.4, -0.2) is 15.7 Å². The van der Waals surface area contributed by atoms with Crippen molar-refractivity contribution in [2.45, 2.75) is 5.50 Å². The number of phenolic OH excluding ortho intramolecular Hbond substituents is 2. The van der Waals surface area contributed by atoms with E-state index in [0.717, 1.165) is 0 Å². The van der Waals surface area contributed by atoms with Crippen molar-refractivity contribution in [3.63, 3.8) is 0 Å². The fraction of sp³-hybridized carbons (Fsp3) is 0.111. The normalized spacial score (nSPS) is 20.1. The van der Waals surface area contributed by atoms with E-state index in [1.807, 2.05) is 0 Å². The molecule has 1 aliphatic rings. The van der Waals surface area contributed by atoms with E-state index in [0.29, 0.717) is 11.3 Å². The van der Waals surface area contributed by atoms with Gasteiger partial charge in [0.1, 0.15) is 0 Å². The van der Waals surface area contributed by atoms with Crippen LogP contribution in [0, 0.1) is 0 Å². The summed E-state index contributed by atoms with van der Waals surface area (Å²) in [6, 6.07) is 4.48. The molecule has 1 aromatic carbocycles. The number of aromatic hydroxyl groups is 2. The zero-order valence-corrected chi connectivity index (χ0v) is 8.48. The van der Waals surface area contributed by atoms with Crippen LogP contribution in [0.5, 0.6) is 11.5 Å². The van der Waals surface area contributed by atoms with E-state index in [4.69, 9.17) is 10.8 Å². The van der Waals surface area contributed by atoms with Gasteiger partial charge < -0.3 is 10.2 Å². The predicted molar refractivity (Wildman–Crippen MR) is 58.2 cm³/mol. The van der Waals surface area contributed by atoms with Crippen molar-refractivity contribution in [3.05, 3.63) is 29.2 Å². The molecule has 0 radical (unpaired) electrons. The van der Waals surface area contributed by atoms with E-state index in [1.54, 1.807) is 11.5 Å². The zero-order chi connectivity index (χ0) is 10.8. The highest BCUT2D eigenvalue weighted by molar-refractivity contribution is 8.02. The fourth-order valence-corrected chi connectivity index (χ4v) is 1.67. The Morgan fingerprint density at radius 3 is 2.67 bits per heavy atom. The second-order valence-electron chi connectivity index (χ2n) is 2.95. The summed E-state index contributed by atoms with van der Waals surface area (Å²) in [5.74, 6) is -0.333. The van der Waals surface area contributed by atoms with E-state index in [1.165, 1.54) is 23.9 Å². The van der Waals surface area contributed by atoms with Gasteiger partial charge in [0.2, 0.25) is 0 Å². The SMILES string of the molecule is NC1N=NC(c2ccc(O)c(O)c2)=CS1. The van der Waals surface area contributed by atoms with Crippen molar-refractivity contribution in [3.8, 4) is 11.5 Å². The Labute approximate surface area is 90.3 Å². The molecule has 0 amide bonds. The van der Waals surface area contributed by atoms with Gasteiger partial charge in [-0.15, -0.1) is 0 Å². The van der Waals surface area contributed by atoms with E-state index >= 15 is 0 Å². The van der Waals surface area contributed by atoms with Crippen LogP contribution in [0.25, 0.3) is 5.70 Å². The van der Waals surface area contributed by atoms with Gasteiger partial charge in [0.15, 0.2) is 17.0 Å². The lowest BCUT2D eigenvalue weighted by Gasteiger charge is -2.09. The Morgan fingerprint density at radius 1 is 1.27 bits per heavy atom. The Balaban J connectivity index is 2.31. The summed E-state index contributed by atoms with van der Waals surface area (Å²) >= 11 is 1.34. The summed E-state index contributed by atoms with van der Waals surface area (Å²) in [4.78, 5) is 0. The molecule has 0 aliphatic carbocycles. The first-order valence-corrected chi connectivity index (χ1v) is 5.15. The van der Waals surface area contributed by atoms with Gasteiger partial charge in [0, 0.05) is 11.0 Å². The lowest BCUT2D eigenvalue weighted by Crippen LogP contribution is -2.11. The number of hydrogen-bond acceptors (Lipinski definition) is 6. The van der Waals surface area contributed by atoms with Gasteiger partial charge in [-0.25, -0.2) is 0 Å². The molecular weight excluding hydrogens is 214 g/mol. The van der Waals surface area contributed by atoms with Crippen molar-refractivity contribution in [2.75, 3.05) is 0 Å². The average molecular weight is 223 g/mol. The topological polar surface area (TPSA) is 91.2 Å². The van der Waals surface area contributed by atoms with E-state index in [-0.39, 0.29) is 17.0 Å². The largest absolute Gasteiger partial charge is 0.504 e. The Hall–Kier alpha value is -1.53. The Morgan fingerprint density at radius 2 is 2.07 bits per heavy atom. The third-order valence-corrected chi connectivity index (χ3v) is 2.60. The maximum absolute atomic E-state index is 9.30. The van der Waals surface area contributed by atoms with Gasteiger partial charge in [-0.05, 0) is 18.2 Å². The molecule has 4 N–H and O–H groups in total. The minimum atomic E-state index is -0.362. The number of hydrogen-bond donors (Lipinski definition) is 3. The van der Waals surface area contributed by atoms with Gasteiger partial charge in [-0.3, -0.25) is 5.73 Å². The molecule has 0 bridgehead atoms. The highest BCUT2D eigenvalue weighted by Gasteiger charge is 2.10. The van der Waals surface area contributed by atoms with Crippen LogP contribution >= 0.6 is 11.8 Å². The number of azo groups is 1. The molecule has 1 atom stereocenters. The smallest absolute Gasteiger partial charge is 0.169 e. The summed E-state index contributed by atoms with van der Waals surface area (Å²) in [6.07, 6.45) is 0. The number of thioether (sulfide) groups is 1. The van der Waals surface area contributed by atoms with Crippen molar-refractivity contribution < 1.29 is 10.2 Å². The summed E-state index contributed by atoms with van der Waals surface area (Å²) in [5, 5.41) is 27.9. The van der Waals surface area contributed by atoms with Crippen molar-refractivity contribution >= 4 is 17.5 Å². The van der Waals surface area contributed by atoms with Crippen molar-refractivity contribution in [2.24, 2.45) is 16.0 Å². The summed E-state index contributed by atoms with van der Waals surface area (Å²) in [5.41, 5.74) is 6.45. The lowest BCUT2D eigenvalue weighted by atomic mass is 10.1. The zero-order valence-electron chi connectivity index (χ0n) is 7.66. The number of benzene rings is 1. The van der Waals surface area contributed by atoms with Gasteiger partial charge in [-0.1, -0.05) is 11.8 Å². The van der Waals surface area contributed by atoms with Gasteiger partial charge in [0.25, 0.3) is 0 Å². The minimum absolute atomic E-state index is 0.156. The monoisotopic (exact) mass is 223 g/mol. The fourth-order valence-electron chi connectivity index (χ4n) is 1.11. The molecule has 1 heterocycles. The standard InChI is InChI=1S/C9H9N3O2S/c10-9-12-11-6(4-15-9)5-1-2-7(13)8(14)3-5/h1-4,9,13-14H,10H2. The molecule has 2 rings (SSSR count). The van der Waals surface area contributed by atoms with Gasteiger partial charge in [-0.2, -0.15) is 10.2 Å². The van der Waals surface area contributed by atoms with E-state index in [2.05, 4.69) is 10.2 Å². The lowest BCUT2D eigenvalue weighted by molar-refractivity contribution is 0.403. The number of nitrogens with two attached hydrogens (primary N) is 1. The first-order chi connectivity index (χ1) is 7.16. The van der Waals surface area contributed by atoms with Crippen LogP contribution in [-0.2, 0) is 0 Å². The summed E-state index contributed by atoms with van der Waals surface area (Å²) in [6.45, 7) is 0. The maximum Gasteiger partial charge on any atom is 0.169 e. The molecule has 5 nitrogen and oxygen atoms in total. The first kappa shape index (κ1) is 10.0. The van der Waals surface area contributed by atoms with Gasteiger partial charge in [0.05, 0.1) is 5.70 Å². The molecule has 0 spiro atoms. The van der Waals surface area contributed by atoms with Crippen molar-refractivity contribution in [1.82, 2.24) is 0 Å². The molecule has 6 heteroatoms. The molecular formula is C9H9N3O2S. The second kappa shape index (κ2) is 3.92. The third-order valence-electron chi connectivity index (χ3n) is 1.87. The van der Waals surface area contributed by atoms with Gasteiger partial charge >= 0.3 is 0 Å². The molecule has 0 aromatic heterocycles. The van der Waals surface area contributed by atoms with Crippen LogP contribution in [0.2, 0.25) is 0 Å². The average Bonchev–Trinajstić information content (AvgIpc) is 2.23. The highest BCUT2D eigenvalue weighted by Crippen LogP contribution is 2.32. The summed E-state index contributed by atoms with van der Waals surface area (Å²) in [7, 11) is 0. The second-order valence-corrected chi connectivity index (χ2v) is 3.94. The number of rotatable bonds is 1. The number of phenols is 2. The Kier molecular flexibility index (Phi) is 2.61. The molecule has 15 heavy (non-hydrogen) atoms. The molecule has 1 unspecified atom stereocenters. The molecule has 0 saturated heterocycles. The molecule has 0 fully saturated rings. The minimum Gasteiger partial charge on any atom is -0.504 e. The van der Waals surface area contributed by atoms with Crippen LogP contribution in [0.3, 0.4) is 0 Å². The van der Waals surface area contributed by atoms with E-state index < -0.39 is 0 Å². The molecule has 0 saturated carbocycles. The predicted octanol–water partition coefficient (Wildman–Crippen LogP) is 1.84. The summed E-state index contributed by atoms with van der Waals surface area (Å²) < 4.78 is 0. The number of nitrogens with zero attached hydrogens (tertiary/aromatic N) is 2. The molecule has 1 aromatic rings. The van der Waals surface area contributed by atoms with Crippen LogP contribution in [0.15, 0.2) is 33.8 Å². The van der Waals surface area contributed by atoms with Crippen LogP contribution in [0.1, 0.15) is 5.56 Å². The maximum atomic E-state index is 9.30. The van der Waals surface area contributed by atoms with Crippen molar-refractivity contribution in [1.29, 1.82) is 0 Å². The third kappa shape index (κ3) is 2.11. The van der Waals surface area contributed by atoms with Crippen LogP contribution < -0.4 is 5.73 Å².